The van der Waals surface area contributed by atoms with Gasteiger partial charge in [0, 0.05) is 28.5 Å². The molecule has 132 valence electrons. The molecule has 0 spiro atoms. The molecule has 1 aliphatic rings. The van der Waals surface area contributed by atoms with E-state index in [1.54, 1.807) is 6.92 Å². The van der Waals surface area contributed by atoms with E-state index < -0.39 is 0 Å². The Hall–Kier alpha value is -1.52. The fourth-order valence-electron chi connectivity index (χ4n) is 3.42. The predicted octanol–water partition coefficient (Wildman–Crippen LogP) is 4.04. The molecule has 2 aromatic rings. The number of rotatable bonds is 3. The van der Waals surface area contributed by atoms with Crippen LogP contribution in [-0.2, 0) is 0 Å². The number of hydrogen-bond donors (Lipinski definition) is 1. The number of ether oxygens (including phenoxy) is 1. The van der Waals surface area contributed by atoms with Crippen LogP contribution in [0, 0.1) is 26.7 Å². The molecule has 0 aliphatic heterocycles. The summed E-state index contributed by atoms with van der Waals surface area (Å²) < 4.78 is 11.5. The topological polar surface area (TPSA) is 65.5 Å². The molecule has 2 unspecified atom stereocenters. The molecule has 1 saturated carbocycles. The zero-order valence-electron chi connectivity index (χ0n) is 14.6. The van der Waals surface area contributed by atoms with Crippen molar-refractivity contribution in [2.75, 3.05) is 6.61 Å². The summed E-state index contributed by atoms with van der Waals surface area (Å²) in [5.41, 5.74) is 9.06. The average molecular weight is 352 g/mol. The first kappa shape index (κ1) is 18.8. The maximum absolute atomic E-state index is 11.9. The van der Waals surface area contributed by atoms with E-state index in [4.69, 9.17) is 14.9 Å². The normalized spacial score (nSPS) is 20.7. The van der Waals surface area contributed by atoms with Gasteiger partial charge in [0.1, 0.15) is 11.3 Å². The molecule has 3 rings (SSSR count). The summed E-state index contributed by atoms with van der Waals surface area (Å²) in [6.07, 6.45) is 4.65. The molecule has 0 bridgehead atoms. The molecule has 1 aromatic heterocycles. The summed E-state index contributed by atoms with van der Waals surface area (Å²) in [4.78, 5) is 11.9. The maximum Gasteiger partial charge on any atom is 0.339 e. The molecular weight excluding hydrogens is 326 g/mol. The first-order valence-electron chi connectivity index (χ1n) is 8.41. The smallest absolute Gasteiger partial charge is 0.339 e. The Kier molecular flexibility index (Phi) is 5.94. The van der Waals surface area contributed by atoms with Gasteiger partial charge in [0.2, 0.25) is 0 Å². The van der Waals surface area contributed by atoms with Gasteiger partial charge in [-0.2, -0.15) is 0 Å². The van der Waals surface area contributed by atoms with Crippen LogP contribution in [0.3, 0.4) is 0 Å². The van der Waals surface area contributed by atoms with Crippen LogP contribution in [-0.4, -0.2) is 12.6 Å². The third-order valence-corrected chi connectivity index (χ3v) is 5.24. The number of fused-ring (bicyclic) bond motifs is 1. The lowest BCUT2D eigenvalue weighted by Crippen LogP contribution is -2.36. The monoisotopic (exact) mass is 351 g/mol. The average Bonchev–Trinajstić information content (AvgIpc) is 2.54. The quantitative estimate of drug-likeness (QED) is 0.847. The molecule has 2 N–H and O–H groups in total. The molecule has 5 heteroatoms. The molecular formula is C19H26ClNO3. The van der Waals surface area contributed by atoms with Crippen LogP contribution in [0.15, 0.2) is 21.3 Å². The highest BCUT2D eigenvalue weighted by molar-refractivity contribution is 5.85. The van der Waals surface area contributed by atoms with Crippen molar-refractivity contribution in [3.8, 4) is 5.75 Å². The SMILES string of the molecule is Cc1c(C)c2ccc(OCC3CCCCC3N)c(C)c2oc1=O.Cl. The molecule has 1 fully saturated rings. The first-order valence-corrected chi connectivity index (χ1v) is 8.41. The molecule has 0 amide bonds. The summed E-state index contributed by atoms with van der Waals surface area (Å²) in [5, 5.41) is 0.973. The fourth-order valence-corrected chi connectivity index (χ4v) is 3.42. The molecule has 1 aliphatic carbocycles. The largest absolute Gasteiger partial charge is 0.493 e. The minimum atomic E-state index is -0.274. The van der Waals surface area contributed by atoms with E-state index in [-0.39, 0.29) is 24.1 Å². The van der Waals surface area contributed by atoms with E-state index in [1.807, 2.05) is 26.0 Å². The summed E-state index contributed by atoms with van der Waals surface area (Å²) in [6, 6.07) is 4.18. The Labute approximate surface area is 148 Å². The van der Waals surface area contributed by atoms with E-state index in [0.29, 0.717) is 23.7 Å². The Morgan fingerprint density at radius 2 is 1.83 bits per heavy atom. The molecule has 24 heavy (non-hydrogen) atoms. The van der Waals surface area contributed by atoms with Crippen LogP contribution >= 0.6 is 12.4 Å². The fraction of sp³-hybridized carbons (Fsp3) is 0.526. The van der Waals surface area contributed by atoms with Crippen molar-refractivity contribution in [1.82, 2.24) is 0 Å². The van der Waals surface area contributed by atoms with E-state index >= 15 is 0 Å². The van der Waals surface area contributed by atoms with Gasteiger partial charge >= 0.3 is 5.63 Å². The molecule has 0 radical (unpaired) electrons. The van der Waals surface area contributed by atoms with E-state index in [0.717, 1.165) is 35.1 Å². The van der Waals surface area contributed by atoms with Crippen molar-refractivity contribution in [3.05, 3.63) is 39.2 Å². The Morgan fingerprint density at radius 3 is 2.54 bits per heavy atom. The van der Waals surface area contributed by atoms with E-state index in [2.05, 4.69) is 0 Å². The van der Waals surface area contributed by atoms with Crippen molar-refractivity contribution in [2.24, 2.45) is 11.7 Å². The van der Waals surface area contributed by atoms with Gasteiger partial charge in [0.05, 0.1) is 6.61 Å². The second-order valence-corrected chi connectivity index (χ2v) is 6.72. The second-order valence-electron chi connectivity index (χ2n) is 6.72. The standard InChI is InChI=1S/C19H25NO3.ClH/c1-11-12(2)19(21)23-18-13(3)17(9-8-15(11)18)22-10-14-6-4-5-7-16(14)20;/h8-9,14,16H,4-7,10,20H2,1-3H3;1H. The van der Waals surface area contributed by atoms with Crippen LogP contribution in [0.1, 0.15) is 42.4 Å². The van der Waals surface area contributed by atoms with Crippen LogP contribution in [0.5, 0.6) is 5.75 Å². The van der Waals surface area contributed by atoms with Gasteiger partial charge < -0.3 is 14.9 Å². The number of aryl methyl sites for hydroxylation is 2. The van der Waals surface area contributed by atoms with Crippen molar-refractivity contribution in [1.29, 1.82) is 0 Å². The number of benzene rings is 1. The zero-order valence-corrected chi connectivity index (χ0v) is 15.4. The Bertz CT molecular complexity index is 784. The van der Waals surface area contributed by atoms with Crippen LogP contribution in [0.2, 0.25) is 0 Å². The van der Waals surface area contributed by atoms with Crippen molar-refractivity contribution in [2.45, 2.75) is 52.5 Å². The van der Waals surface area contributed by atoms with Gasteiger partial charge in [-0.3, -0.25) is 0 Å². The predicted molar refractivity (Wildman–Crippen MR) is 99.4 cm³/mol. The minimum Gasteiger partial charge on any atom is -0.493 e. The van der Waals surface area contributed by atoms with Gasteiger partial charge in [-0.1, -0.05) is 12.8 Å². The van der Waals surface area contributed by atoms with Gasteiger partial charge in [-0.25, -0.2) is 4.79 Å². The van der Waals surface area contributed by atoms with Gasteiger partial charge in [-0.15, -0.1) is 12.4 Å². The van der Waals surface area contributed by atoms with Gasteiger partial charge in [-0.05, 0) is 51.3 Å². The van der Waals surface area contributed by atoms with Crippen LogP contribution in [0.4, 0.5) is 0 Å². The Balaban J connectivity index is 0.00000208. The van der Waals surface area contributed by atoms with Gasteiger partial charge in [0.15, 0.2) is 0 Å². The van der Waals surface area contributed by atoms with Crippen molar-refractivity contribution >= 4 is 23.4 Å². The third kappa shape index (κ3) is 3.45. The summed E-state index contributed by atoms with van der Waals surface area (Å²) >= 11 is 0. The number of hydrogen-bond acceptors (Lipinski definition) is 4. The van der Waals surface area contributed by atoms with Gasteiger partial charge in [0.25, 0.3) is 0 Å². The van der Waals surface area contributed by atoms with Crippen LogP contribution in [0.25, 0.3) is 11.0 Å². The lowest BCUT2D eigenvalue weighted by atomic mass is 9.86. The van der Waals surface area contributed by atoms with E-state index in [9.17, 15) is 4.79 Å². The van der Waals surface area contributed by atoms with Crippen molar-refractivity contribution < 1.29 is 9.15 Å². The number of halogens is 1. The first-order chi connectivity index (χ1) is 11.0. The highest BCUT2D eigenvalue weighted by Crippen LogP contribution is 2.30. The highest BCUT2D eigenvalue weighted by atomic mass is 35.5. The van der Waals surface area contributed by atoms with E-state index in [1.165, 1.54) is 12.8 Å². The zero-order chi connectivity index (χ0) is 16.6. The number of nitrogens with two attached hydrogens (primary N) is 1. The molecule has 0 saturated heterocycles. The summed E-state index contributed by atoms with van der Waals surface area (Å²) in [7, 11) is 0. The maximum atomic E-state index is 11.9. The summed E-state index contributed by atoms with van der Waals surface area (Å²) in [5.74, 6) is 1.19. The molecule has 1 heterocycles. The third-order valence-electron chi connectivity index (χ3n) is 5.24. The molecule has 2 atom stereocenters. The Morgan fingerprint density at radius 1 is 1.12 bits per heavy atom. The summed E-state index contributed by atoms with van der Waals surface area (Å²) in [6.45, 7) is 6.32. The molecule has 4 nitrogen and oxygen atoms in total. The molecule has 1 aromatic carbocycles. The van der Waals surface area contributed by atoms with Crippen LogP contribution < -0.4 is 16.1 Å². The minimum absolute atomic E-state index is 0. The lowest BCUT2D eigenvalue weighted by molar-refractivity contribution is 0.187. The van der Waals surface area contributed by atoms with Crippen molar-refractivity contribution in [3.63, 3.8) is 0 Å². The highest BCUT2D eigenvalue weighted by Gasteiger charge is 2.23. The lowest BCUT2D eigenvalue weighted by Gasteiger charge is -2.28. The second kappa shape index (κ2) is 7.58.